The van der Waals surface area contributed by atoms with E-state index in [0.717, 1.165) is 38.0 Å². The molecule has 2 aromatic rings. The number of carbonyl (C=O) groups is 1. The van der Waals surface area contributed by atoms with Crippen LogP contribution >= 0.6 is 0 Å². The first-order chi connectivity index (χ1) is 12.3. The van der Waals surface area contributed by atoms with E-state index in [2.05, 4.69) is 33.0 Å². The number of hydrazine groups is 1. The molecule has 0 aromatic carbocycles. The van der Waals surface area contributed by atoms with E-state index in [-0.39, 0.29) is 5.91 Å². The van der Waals surface area contributed by atoms with Crippen molar-refractivity contribution in [3.05, 3.63) is 60.2 Å². The Morgan fingerprint density at radius 2 is 1.80 bits per heavy atom. The van der Waals surface area contributed by atoms with Crippen LogP contribution < -0.4 is 10.9 Å². The Morgan fingerprint density at radius 1 is 1.08 bits per heavy atom. The standard InChI is InChI=1S/C19H23N5O/c25-19(15-5-9-21-10-6-15)24-11-1-2-16(13-24)18-17(12-22-23-18)14-3-7-20-8-4-14/h3-10,16-18,22-23H,1-2,11-13H2. The van der Waals surface area contributed by atoms with E-state index in [0.29, 0.717) is 17.9 Å². The number of carbonyl (C=O) groups excluding carboxylic acids is 1. The molecule has 2 aliphatic rings. The summed E-state index contributed by atoms with van der Waals surface area (Å²) in [5.41, 5.74) is 8.79. The molecule has 2 aromatic heterocycles. The summed E-state index contributed by atoms with van der Waals surface area (Å²) < 4.78 is 0. The lowest BCUT2D eigenvalue weighted by Gasteiger charge is -2.37. The van der Waals surface area contributed by atoms with Gasteiger partial charge in [-0.25, -0.2) is 0 Å². The first kappa shape index (κ1) is 16.2. The Hall–Kier alpha value is -2.31. The Kier molecular flexibility index (Phi) is 4.72. The number of piperidine rings is 1. The molecule has 1 amide bonds. The third kappa shape index (κ3) is 3.41. The van der Waals surface area contributed by atoms with Crippen LogP contribution in [0.3, 0.4) is 0 Å². The van der Waals surface area contributed by atoms with Gasteiger partial charge in [0.1, 0.15) is 0 Å². The van der Waals surface area contributed by atoms with Crippen molar-refractivity contribution in [2.24, 2.45) is 5.92 Å². The number of aromatic nitrogens is 2. The van der Waals surface area contributed by atoms with Crippen LogP contribution in [0.4, 0.5) is 0 Å². The van der Waals surface area contributed by atoms with E-state index in [4.69, 9.17) is 0 Å². The predicted octanol–water partition coefficient (Wildman–Crippen LogP) is 1.59. The smallest absolute Gasteiger partial charge is 0.253 e. The maximum Gasteiger partial charge on any atom is 0.253 e. The lowest BCUT2D eigenvalue weighted by molar-refractivity contribution is 0.0644. The van der Waals surface area contributed by atoms with Crippen molar-refractivity contribution in [1.29, 1.82) is 0 Å². The lowest BCUT2D eigenvalue weighted by atomic mass is 9.81. The number of likely N-dealkylation sites (tertiary alicyclic amines) is 1. The molecule has 4 heterocycles. The third-order valence-electron chi connectivity index (χ3n) is 5.34. The highest BCUT2D eigenvalue weighted by Crippen LogP contribution is 2.31. The summed E-state index contributed by atoms with van der Waals surface area (Å²) in [6, 6.07) is 8.10. The molecule has 0 radical (unpaired) electrons. The quantitative estimate of drug-likeness (QED) is 0.890. The average molecular weight is 337 g/mol. The number of nitrogens with zero attached hydrogens (tertiary/aromatic N) is 3. The summed E-state index contributed by atoms with van der Waals surface area (Å²) in [7, 11) is 0. The first-order valence-electron chi connectivity index (χ1n) is 8.90. The van der Waals surface area contributed by atoms with Gasteiger partial charge in [0.15, 0.2) is 0 Å². The zero-order chi connectivity index (χ0) is 17.1. The summed E-state index contributed by atoms with van der Waals surface area (Å²) >= 11 is 0. The molecule has 0 aliphatic carbocycles. The van der Waals surface area contributed by atoms with Crippen molar-refractivity contribution in [2.45, 2.75) is 24.8 Å². The molecule has 2 aliphatic heterocycles. The van der Waals surface area contributed by atoms with Crippen LogP contribution in [-0.4, -0.2) is 46.5 Å². The van der Waals surface area contributed by atoms with E-state index in [1.54, 1.807) is 24.5 Å². The van der Waals surface area contributed by atoms with Crippen molar-refractivity contribution >= 4 is 5.91 Å². The molecule has 3 unspecified atom stereocenters. The number of pyridine rings is 2. The predicted molar refractivity (Wildman–Crippen MR) is 94.8 cm³/mol. The Balaban J connectivity index is 1.48. The van der Waals surface area contributed by atoms with Crippen molar-refractivity contribution in [1.82, 2.24) is 25.7 Å². The molecule has 2 fully saturated rings. The highest BCUT2D eigenvalue weighted by Gasteiger charge is 2.37. The van der Waals surface area contributed by atoms with Crippen LogP contribution in [0.25, 0.3) is 0 Å². The van der Waals surface area contributed by atoms with Crippen LogP contribution in [0.5, 0.6) is 0 Å². The average Bonchev–Trinajstić information content (AvgIpc) is 3.19. The van der Waals surface area contributed by atoms with E-state index < -0.39 is 0 Å². The van der Waals surface area contributed by atoms with Gasteiger partial charge < -0.3 is 4.90 Å². The second kappa shape index (κ2) is 7.29. The SMILES string of the molecule is O=C(c1ccncc1)N1CCCC(C2NNCC2c2ccncc2)C1. The summed E-state index contributed by atoms with van der Waals surface area (Å²) in [4.78, 5) is 22.9. The summed E-state index contributed by atoms with van der Waals surface area (Å²) in [5.74, 6) is 0.954. The van der Waals surface area contributed by atoms with Gasteiger partial charge in [-0.15, -0.1) is 0 Å². The molecule has 6 nitrogen and oxygen atoms in total. The number of hydrogen-bond acceptors (Lipinski definition) is 5. The van der Waals surface area contributed by atoms with Gasteiger partial charge in [-0.3, -0.25) is 25.6 Å². The van der Waals surface area contributed by atoms with Crippen LogP contribution in [0.15, 0.2) is 49.1 Å². The molecule has 4 rings (SSSR count). The van der Waals surface area contributed by atoms with Gasteiger partial charge in [-0.05, 0) is 48.6 Å². The zero-order valence-electron chi connectivity index (χ0n) is 14.1. The normalized spacial score (nSPS) is 26.6. The van der Waals surface area contributed by atoms with Crippen molar-refractivity contribution in [3.8, 4) is 0 Å². The van der Waals surface area contributed by atoms with Gasteiger partial charge in [0.05, 0.1) is 0 Å². The maximum atomic E-state index is 12.8. The fraction of sp³-hybridized carbons (Fsp3) is 0.421. The molecule has 0 spiro atoms. The molecule has 130 valence electrons. The minimum absolute atomic E-state index is 0.110. The van der Waals surface area contributed by atoms with Gasteiger partial charge in [0.25, 0.3) is 5.91 Å². The molecule has 2 N–H and O–H groups in total. The Bertz CT molecular complexity index is 708. The van der Waals surface area contributed by atoms with Gasteiger partial charge in [0.2, 0.25) is 0 Å². The number of nitrogens with one attached hydrogen (secondary N) is 2. The van der Waals surface area contributed by atoms with Crippen LogP contribution in [0, 0.1) is 5.92 Å². The molecule has 25 heavy (non-hydrogen) atoms. The minimum atomic E-state index is 0.110. The second-order valence-electron chi connectivity index (χ2n) is 6.83. The molecule has 2 saturated heterocycles. The fourth-order valence-corrected chi connectivity index (χ4v) is 4.06. The Labute approximate surface area is 147 Å². The highest BCUT2D eigenvalue weighted by atomic mass is 16.2. The van der Waals surface area contributed by atoms with Gasteiger partial charge >= 0.3 is 0 Å². The Morgan fingerprint density at radius 3 is 2.56 bits per heavy atom. The number of amides is 1. The highest BCUT2D eigenvalue weighted by molar-refractivity contribution is 5.94. The van der Waals surface area contributed by atoms with Gasteiger partial charge in [0, 0.05) is 61.9 Å². The molecular weight excluding hydrogens is 314 g/mol. The molecule has 6 heteroatoms. The zero-order valence-corrected chi connectivity index (χ0v) is 14.1. The monoisotopic (exact) mass is 337 g/mol. The molecule has 0 saturated carbocycles. The summed E-state index contributed by atoms with van der Waals surface area (Å²) in [5, 5.41) is 0. The van der Waals surface area contributed by atoms with Crippen LogP contribution in [-0.2, 0) is 0 Å². The van der Waals surface area contributed by atoms with Crippen LogP contribution in [0.1, 0.15) is 34.7 Å². The van der Waals surface area contributed by atoms with E-state index in [1.165, 1.54) is 5.56 Å². The third-order valence-corrected chi connectivity index (χ3v) is 5.34. The van der Waals surface area contributed by atoms with E-state index in [1.807, 2.05) is 17.3 Å². The fourth-order valence-electron chi connectivity index (χ4n) is 4.06. The van der Waals surface area contributed by atoms with Crippen LogP contribution in [0.2, 0.25) is 0 Å². The van der Waals surface area contributed by atoms with E-state index >= 15 is 0 Å². The molecular formula is C19H23N5O. The first-order valence-corrected chi connectivity index (χ1v) is 8.90. The summed E-state index contributed by atoms with van der Waals surface area (Å²) in [6.45, 7) is 2.53. The second-order valence-corrected chi connectivity index (χ2v) is 6.83. The van der Waals surface area contributed by atoms with E-state index in [9.17, 15) is 4.79 Å². The van der Waals surface area contributed by atoms with Gasteiger partial charge in [-0.2, -0.15) is 0 Å². The lowest BCUT2D eigenvalue weighted by Crippen LogP contribution is -2.48. The van der Waals surface area contributed by atoms with Crippen molar-refractivity contribution in [2.75, 3.05) is 19.6 Å². The molecule has 0 bridgehead atoms. The maximum absolute atomic E-state index is 12.8. The van der Waals surface area contributed by atoms with Crippen molar-refractivity contribution in [3.63, 3.8) is 0 Å². The number of hydrogen-bond donors (Lipinski definition) is 2. The summed E-state index contributed by atoms with van der Waals surface area (Å²) in [6.07, 6.45) is 9.24. The number of rotatable bonds is 3. The topological polar surface area (TPSA) is 70.2 Å². The van der Waals surface area contributed by atoms with Gasteiger partial charge in [-0.1, -0.05) is 0 Å². The molecule has 3 atom stereocenters. The van der Waals surface area contributed by atoms with Crippen molar-refractivity contribution < 1.29 is 4.79 Å². The minimum Gasteiger partial charge on any atom is -0.338 e. The largest absolute Gasteiger partial charge is 0.338 e.